The molecule has 1 rings (SSSR count). The van der Waals surface area contributed by atoms with Crippen LogP contribution in [0.5, 0.6) is 11.5 Å². The Bertz CT molecular complexity index is 429. The Morgan fingerprint density at radius 1 is 1.24 bits per heavy atom. The van der Waals surface area contributed by atoms with Gasteiger partial charge < -0.3 is 25.2 Å². The van der Waals surface area contributed by atoms with Crippen LogP contribution in [0.15, 0.2) is 18.2 Å². The van der Waals surface area contributed by atoms with E-state index in [-0.39, 0.29) is 12.5 Å². The van der Waals surface area contributed by atoms with Crippen LogP contribution in [0.3, 0.4) is 0 Å². The minimum absolute atomic E-state index is 0.0702. The molecule has 6 nitrogen and oxygen atoms in total. The van der Waals surface area contributed by atoms with Crippen LogP contribution in [0.2, 0.25) is 0 Å². The lowest BCUT2D eigenvalue weighted by Crippen LogP contribution is -2.28. The summed E-state index contributed by atoms with van der Waals surface area (Å²) in [5.41, 5.74) is 0.640. The quantitative estimate of drug-likeness (QED) is 0.589. The van der Waals surface area contributed by atoms with Gasteiger partial charge in [0.1, 0.15) is 11.5 Å². The lowest BCUT2D eigenvalue weighted by Gasteiger charge is -2.14. The first-order chi connectivity index (χ1) is 10.1. The third-order valence-corrected chi connectivity index (χ3v) is 3.08. The van der Waals surface area contributed by atoms with E-state index in [9.17, 15) is 9.90 Å². The highest BCUT2D eigenvalue weighted by Crippen LogP contribution is 2.26. The smallest absolute Gasteiger partial charge is 0.220 e. The first-order valence-corrected chi connectivity index (χ1v) is 6.93. The van der Waals surface area contributed by atoms with E-state index in [1.165, 1.54) is 0 Å². The average molecular weight is 296 g/mol. The fourth-order valence-corrected chi connectivity index (χ4v) is 1.86. The van der Waals surface area contributed by atoms with Crippen molar-refractivity contribution in [1.29, 1.82) is 0 Å². The van der Waals surface area contributed by atoms with Crippen LogP contribution in [-0.2, 0) is 4.79 Å². The molecule has 3 N–H and O–H groups in total. The maximum atomic E-state index is 11.6. The summed E-state index contributed by atoms with van der Waals surface area (Å²) in [5.74, 6) is 1.13. The third-order valence-electron chi connectivity index (χ3n) is 3.08. The summed E-state index contributed by atoms with van der Waals surface area (Å²) in [5, 5.41) is 15.8. The van der Waals surface area contributed by atoms with Gasteiger partial charge in [0.05, 0.1) is 20.3 Å². The van der Waals surface area contributed by atoms with Gasteiger partial charge in [-0.3, -0.25) is 4.79 Å². The minimum atomic E-state index is -0.803. The number of aliphatic hydroxyl groups excluding tert-OH is 1. The molecule has 6 heteroatoms. The van der Waals surface area contributed by atoms with Crippen LogP contribution in [0.4, 0.5) is 0 Å². The summed E-state index contributed by atoms with van der Waals surface area (Å²) in [6, 6.07) is 5.17. The molecule has 0 saturated carbocycles. The van der Waals surface area contributed by atoms with Gasteiger partial charge in [-0.2, -0.15) is 0 Å². The van der Waals surface area contributed by atoms with E-state index in [2.05, 4.69) is 10.6 Å². The molecule has 1 aromatic carbocycles. The fraction of sp³-hybridized carbons (Fsp3) is 0.533. The van der Waals surface area contributed by atoms with Crippen molar-refractivity contribution in [2.24, 2.45) is 0 Å². The largest absolute Gasteiger partial charge is 0.497 e. The summed E-state index contributed by atoms with van der Waals surface area (Å²) >= 11 is 0. The summed E-state index contributed by atoms with van der Waals surface area (Å²) in [6.45, 7) is 0.956. The maximum Gasteiger partial charge on any atom is 0.220 e. The highest BCUT2D eigenvalue weighted by Gasteiger charge is 2.12. The molecule has 1 amide bonds. The highest BCUT2D eigenvalue weighted by molar-refractivity contribution is 5.75. The SMILES string of the molecule is CNCCCC(=O)NCC(O)c1cc(OC)cc(OC)c1. The molecule has 0 radical (unpaired) electrons. The van der Waals surface area contributed by atoms with Crippen molar-refractivity contribution in [1.82, 2.24) is 10.6 Å². The average Bonchev–Trinajstić information content (AvgIpc) is 2.52. The zero-order chi connectivity index (χ0) is 15.7. The van der Waals surface area contributed by atoms with Gasteiger partial charge in [-0.25, -0.2) is 0 Å². The van der Waals surface area contributed by atoms with E-state index in [1.54, 1.807) is 32.4 Å². The number of ether oxygens (including phenoxy) is 2. The van der Waals surface area contributed by atoms with Crippen LogP contribution in [0, 0.1) is 0 Å². The normalized spacial score (nSPS) is 11.8. The van der Waals surface area contributed by atoms with Crippen molar-refractivity contribution in [3.8, 4) is 11.5 Å². The second-order valence-corrected chi connectivity index (χ2v) is 4.67. The van der Waals surface area contributed by atoms with Crippen LogP contribution in [0.1, 0.15) is 24.5 Å². The highest BCUT2D eigenvalue weighted by atomic mass is 16.5. The predicted molar refractivity (Wildman–Crippen MR) is 80.7 cm³/mol. The second kappa shape index (κ2) is 9.20. The molecule has 0 aliphatic rings. The van der Waals surface area contributed by atoms with Crippen LogP contribution >= 0.6 is 0 Å². The van der Waals surface area contributed by atoms with Gasteiger partial charge in [0.2, 0.25) is 5.91 Å². The Hall–Kier alpha value is -1.79. The molecular formula is C15H24N2O4. The van der Waals surface area contributed by atoms with Gasteiger partial charge in [-0.15, -0.1) is 0 Å². The van der Waals surface area contributed by atoms with E-state index in [4.69, 9.17) is 9.47 Å². The molecule has 0 aliphatic heterocycles. The van der Waals surface area contributed by atoms with Crippen LogP contribution in [-0.4, -0.2) is 45.4 Å². The standard InChI is InChI=1S/C15H24N2O4/c1-16-6-4-5-15(19)17-10-14(18)11-7-12(20-2)9-13(8-11)21-3/h7-9,14,16,18H,4-6,10H2,1-3H3,(H,17,19). The predicted octanol–water partition coefficient (Wildman–Crippen LogP) is 0.853. The maximum absolute atomic E-state index is 11.6. The minimum Gasteiger partial charge on any atom is -0.497 e. The van der Waals surface area contributed by atoms with Gasteiger partial charge in [0.25, 0.3) is 0 Å². The molecule has 21 heavy (non-hydrogen) atoms. The number of nitrogens with one attached hydrogen (secondary N) is 2. The molecular weight excluding hydrogens is 272 g/mol. The van der Waals surface area contributed by atoms with Gasteiger partial charge in [0.15, 0.2) is 0 Å². The molecule has 0 spiro atoms. The van der Waals surface area contributed by atoms with E-state index < -0.39 is 6.10 Å². The van der Waals surface area contributed by atoms with Crippen molar-refractivity contribution >= 4 is 5.91 Å². The first kappa shape index (κ1) is 17.3. The Morgan fingerprint density at radius 3 is 2.38 bits per heavy atom. The zero-order valence-corrected chi connectivity index (χ0v) is 12.8. The molecule has 1 unspecified atom stereocenters. The van der Waals surface area contributed by atoms with Crippen LogP contribution in [0.25, 0.3) is 0 Å². The molecule has 1 aromatic rings. The molecule has 0 saturated heterocycles. The van der Waals surface area contributed by atoms with Gasteiger partial charge in [-0.1, -0.05) is 0 Å². The Labute approximate surface area is 125 Å². The molecule has 0 bridgehead atoms. The molecule has 0 heterocycles. The number of rotatable bonds is 9. The Balaban J connectivity index is 2.54. The van der Waals surface area contributed by atoms with Crippen LogP contribution < -0.4 is 20.1 Å². The number of amides is 1. The third kappa shape index (κ3) is 6.01. The second-order valence-electron chi connectivity index (χ2n) is 4.67. The molecule has 0 fully saturated rings. The molecule has 118 valence electrons. The summed E-state index contributed by atoms with van der Waals surface area (Å²) in [6.07, 6.45) is 0.405. The summed E-state index contributed by atoms with van der Waals surface area (Å²) < 4.78 is 10.3. The van der Waals surface area contributed by atoms with E-state index in [1.807, 2.05) is 7.05 Å². The van der Waals surface area contributed by atoms with E-state index in [0.29, 0.717) is 23.5 Å². The topological polar surface area (TPSA) is 79.8 Å². The number of hydrogen-bond donors (Lipinski definition) is 3. The van der Waals surface area contributed by atoms with Crippen molar-refractivity contribution < 1.29 is 19.4 Å². The number of carbonyl (C=O) groups is 1. The van der Waals surface area contributed by atoms with E-state index in [0.717, 1.165) is 13.0 Å². The molecule has 1 atom stereocenters. The number of aliphatic hydroxyl groups is 1. The Kier molecular flexibility index (Phi) is 7.56. The zero-order valence-electron chi connectivity index (χ0n) is 12.8. The summed E-state index contributed by atoms with van der Waals surface area (Å²) in [4.78, 5) is 11.6. The number of hydrogen-bond acceptors (Lipinski definition) is 5. The van der Waals surface area contributed by atoms with Gasteiger partial charge in [-0.05, 0) is 37.7 Å². The number of carbonyl (C=O) groups excluding carboxylic acids is 1. The van der Waals surface area contributed by atoms with Crippen molar-refractivity contribution in [3.05, 3.63) is 23.8 Å². The first-order valence-electron chi connectivity index (χ1n) is 6.93. The van der Waals surface area contributed by atoms with Crippen molar-refractivity contribution in [3.63, 3.8) is 0 Å². The van der Waals surface area contributed by atoms with E-state index >= 15 is 0 Å². The van der Waals surface area contributed by atoms with Crippen molar-refractivity contribution in [2.75, 3.05) is 34.4 Å². The molecule has 0 aliphatic carbocycles. The lowest BCUT2D eigenvalue weighted by molar-refractivity contribution is -0.121. The lowest BCUT2D eigenvalue weighted by atomic mass is 10.1. The van der Waals surface area contributed by atoms with Crippen molar-refractivity contribution in [2.45, 2.75) is 18.9 Å². The fourth-order valence-electron chi connectivity index (χ4n) is 1.86. The number of benzene rings is 1. The molecule has 0 aromatic heterocycles. The Morgan fingerprint density at radius 2 is 1.86 bits per heavy atom. The number of methoxy groups -OCH3 is 2. The monoisotopic (exact) mass is 296 g/mol. The van der Waals surface area contributed by atoms with Gasteiger partial charge in [0, 0.05) is 19.0 Å². The van der Waals surface area contributed by atoms with Gasteiger partial charge >= 0.3 is 0 Å². The summed E-state index contributed by atoms with van der Waals surface area (Å²) in [7, 11) is 4.95.